The van der Waals surface area contributed by atoms with Crippen LogP contribution in [0, 0.1) is 13.8 Å². The molecule has 0 radical (unpaired) electrons. The van der Waals surface area contributed by atoms with E-state index in [0.717, 1.165) is 22.7 Å². The number of aryl methyl sites for hydroxylation is 1. The summed E-state index contributed by atoms with van der Waals surface area (Å²) in [7, 11) is 0. The molecule has 0 aliphatic heterocycles. The zero-order valence-electron chi connectivity index (χ0n) is 18.0. The molecule has 1 N–H and O–H groups in total. The molecule has 6 heteroatoms. The number of fused-ring (bicyclic) bond motifs is 1. The first-order chi connectivity index (χ1) is 14.4. The molecule has 0 aliphatic rings. The lowest BCUT2D eigenvalue weighted by Crippen LogP contribution is -2.28. The molecule has 3 aromatic heterocycles. The van der Waals surface area contributed by atoms with Gasteiger partial charge in [0.05, 0.1) is 11.6 Å². The van der Waals surface area contributed by atoms with Crippen LogP contribution >= 0.6 is 0 Å². The quantitative estimate of drug-likeness (QED) is 0.525. The van der Waals surface area contributed by atoms with Gasteiger partial charge in [-0.05, 0) is 62.6 Å². The number of rotatable bonds is 5. The molecule has 0 fully saturated rings. The van der Waals surface area contributed by atoms with E-state index in [-0.39, 0.29) is 11.9 Å². The van der Waals surface area contributed by atoms with Crippen LogP contribution in [0.3, 0.4) is 0 Å². The summed E-state index contributed by atoms with van der Waals surface area (Å²) in [4.78, 5) is 13.1. The van der Waals surface area contributed by atoms with Gasteiger partial charge in [0, 0.05) is 23.3 Å². The number of carbonyl (C=O) groups excluding carboxylic acids is 1. The van der Waals surface area contributed by atoms with Crippen molar-refractivity contribution < 1.29 is 4.79 Å². The lowest BCUT2D eigenvalue weighted by molar-refractivity contribution is 0.0937. The largest absolute Gasteiger partial charge is 0.342 e. The number of aromatic nitrogens is 4. The first kappa shape index (κ1) is 19.9. The van der Waals surface area contributed by atoms with Crippen LogP contribution in [0.1, 0.15) is 65.9 Å². The molecule has 1 amide bonds. The number of nitrogens with one attached hydrogen (secondary N) is 1. The van der Waals surface area contributed by atoms with Crippen LogP contribution in [0.25, 0.3) is 11.3 Å². The molecule has 0 saturated carbocycles. The van der Waals surface area contributed by atoms with E-state index in [2.05, 4.69) is 58.2 Å². The van der Waals surface area contributed by atoms with Crippen LogP contribution in [0.2, 0.25) is 0 Å². The highest BCUT2D eigenvalue weighted by Gasteiger charge is 2.21. The van der Waals surface area contributed by atoms with Crippen molar-refractivity contribution in [3.05, 3.63) is 83.1 Å². The molecule has 0 saturated heterocycles. The first-order valence-electron chi connectivity index (χ1n) is 10.3. The molecule has 0 bridgehead atoms. The third-order valence-electron chi connectivity index (χ3n) is 5.57. The van der Waals surface area contributed by atoms with Crippen molar-refractivity contribution in [2.24, 2.45) is 0 Å². The van der Waals surface area contributed by atoms with Crippen LogP contribution in [0.5, 0.6) is 0 Å². The maximum atomic E-state index is 13.1. The summed E-state index contributed by atoms with van der Waals surface area (Å²) in [6.45, 7) is 10.3. The summed E-state index contributed by atoms with van der Waals surface area (Å²) in [5, 5.41) is 11.5. The van der Waals surface area contributed by atoms with Crippen molar-refractivity contribution in [1.29, 1.82) is 0 Å². The third kappa shape index (κ3) is 3.49. The Bertz CT molecular complexity index is 1200. The van der Waals surface area contributed by atoms with Crippen molar-refractivity contribution >= 4 is 11.6 Å². The summed E-state index contributed by atoms with van der Waals surface area (Å²) < 4.78 is 4.01. The number of pyridine rings is 1. The average molecular weight is 402 g/mol. The summed E-state index contributed by atoms with van der Waals surface area (Å²) in [6, 6.07) is 15.9. The van der Waals surface area contributed by atoms with Gasteiger partial charge >= 0.3 is 0 Å². The Hall–Kier alpha value is -3.41. The minimum atomic E-state index is -0.275. The second-order valence-corrected chi connectivity index (χ2v) is 8.05. The van der Waals surface area contributed by atoms with Gasteiger partial charge in [0.1, 0.15) is 0 Å². The van der Waals surface area contributed by atoms with Gasteiger partial charge in [0.15, 0.2) is 11.5 Å². The van der Waals surface area contributed by atoms with Gasteiger partial charge in [-0.2, -0.15) is 0 Å². The summed E-state index contributed by atoms with van der Waals surface area (Å²) >= 11 is 0. The van der Waals surface area contributed by atoms with Crippen molar-refractivity contribution in [3.8, 4) is 5.69 Å². The van der Waals surface area contributed by atoms with Crippen molar-refractivity contribution in [2.45, 2.75) is 46.6 Å². The van der Waals surface area contributed by atoms with Crippen LogP contribution in [-0.4, -0.2) is 25.1 Å². The Morgan fingerprint density at radius 3 is 2.43 bits per heavy atom. The van der Waals surface area contributed by atoms with Gasteiger partial charge in [-0.1, -0.05) is 32.0 Å². The van der Waals surface area contributed by atoms with Crippen LogP contribution in [0.4, 0.5) is 0 Å². The third-order valence-corrected chi connectivity index (χ3v) is 5.57. The van der Waals surface area contributed by atoms with Crippen LogP contribution in [-0.2, 0) is 0 Å². The second kappa shape index (κ2) is 7.78. The highest BCUT2D eigenvalue weighted by atomic mass is 16.1. The zero-order valence-corrected chi connectivity index (χ0v) is 18.0. The van der Waals surface area contributed by atoms with Crippen LogP contribution in [0.15, 0.2) is 54.7 Å². The van der Waals surface area contributed by atoms with E-state index < -0.39 is 0 Å². The molecule has 0 aliphatic carbocycles. The van der Waals surface area contributed by atoms with Gasteiger partial charge in [-0.25, -0.2) is 0 Å². The molecule has 3 heterocycles. The predicted octanol–water partition coefficient (Wildman–Crippen LogP) is 4.75. The molecular formula is C24H27N5O. The van der Waals surface area contributed by atoms with E-state index in [0.29, 0.717) is 17.3 Å². The molecule has 1 aromatic carbocycles. The normalized spacial score (nSPS) is 12.5. The van der Waals surface area contributed by atoms with E-state index in [1.807, 2.05) is 55.6 Å². The van der Waals surface area contributed by atoms with Crippen molar-refractivity contribution in [3.63, 3.8) is 0 Å². The number of amides is 1. The van der Waals surface area contributed by atoms with E-state index >= 15 is 0 Å². The van der Waals surface area contributed by atoms with Gasteiger partial charge in [-0.3, -0.25) is 9.20 Å². The fourth-order valence-corrected chi connectivity index (χ4v) is 3.89. The van der Waals surface area contributed by atoms with E-state index in [1.165, 1.54) is 5.56 Å². The van der Waals surface area contributed by atoms with Gasteiger partial charge in [0.25, 0.3) is 5.91 Å². The summed E-state index contributed by atoms with van der Waals surface area (Å²) in [6.07, 6.45) is 1.90. The molecule has 1 unspecified atom stereocenters. The standard InChI is InChI=1S/C24H27N5O/c1-15(2)19-9-11-20(12-10-19)29-16(3)14-21(18(29)5)24(30)25-17(4)23-27-26-22-8-6-7-13-28(22)23/h6-15,17H,1-5H3,(H,25,30). The summed E-state index contributed by atoms with van der Waals surface area (Å²) in [5.41, 5.74) is 5.73. The van der Waals surface area contributed by atoms with E-state index in [1.54, 1.807) is 0 Å². The minimum Gasteiger partial charge on any atom is -0.342 e. The van der Waals surface area contributed by atoms with E-state index in [4.69, 9.17) is 0 Å². The molecule has 4 aromatic rings. The Balaban J connectivity index is 1.60. The minimum absolute atomic E-state index is 0.117. The summed E-state index contributed by atoms with van der Waals surface area (Å²) in [5.74, 6) is 1.08. The molecule has 6 nitrogen and oxygen atoms in total. The lowest BCUT2D eigenvalue weighted by atomic mass is 10.0. The average Bonchev–Trinajstić information content (AvgIpc) is 3.29. The smallest absolute Gasteiger partial charge is 0.253 e. The Morgan fingerprint density at radius 2 is 1.73 bits per heavy atom. The number of carbonyl (C=O) groups is 1. The highest BCUT2D eigenvalue weighted by molar-refractivity contribution is 5.96. The molecule has 154 valence electrons. The number of hydrogen-bond donors (Lipinski definition) is 1. The number of benzene rings is 1. The number of hydrogen-bond acceptors (Lipinski definition) is 3. The molecular weight excluding hydrogens is 374 g/mol. The first-order valence-corrected chi connectivity index (χ1v) is 10.3. The Kier molecular flexibility index (Phi) is 5.16. The number of nitrogens with zero attached hydrogens (tertiary/aromatic N) is 4. The topological polar surface area (TPSA) is 64.2 Å². The van der Waals surface area contributed by atoms with Gasteiger partial charge in [0.2, 0.25) is 0 Å². The van der Waals surface area contributed by atoms with Crippen molar-refractivity contribution in [2.75, 3.05) is 0 Å². The molecule has 30 heavy (non-hydrogen) atoms. The Labute approximate surface area is 176 Å². The maximum Gasteiger partial charge on any atom is 0.253 e. The fraction of sp³-hybridized carbons (Fsp3) is 0.292. The fourth-order valence-electron chi connectivity index (χ4n) is 3.89. The zero-order chi connectivity index (χ0) is 21.4. The SMILES string of the molecule is Cc1cc(C(=O)NC(C)c2nnc3ccccn23)c(C)n1-c1ccc(C(C)C)cc1. The molecule has 4 rings (SSSR count). The molecule has 0 spiro atoms. The van der Waals surface area contributed by atoms with Crippen molar-refractivity contribution in [1.82, 2.24) is 24.5 Å². The Morgan fingerprint density at radius 1 is 1.00 bits per heavy atom. The molecule has 1 atom stereocenters. The highest BCUT2D eigenvalue weighted by Crippen LogP contribution is 2.24. The monoisotopic (exact) mass is 401 g/mol. The predicted molar refractivity (Wildman–Crippen MR) is 118 cm³/mol. The van der Waals surface area contributed by atoms with Crippen LogP contribution < -0.4 is 5.32 Å². The van der Waals surface area contributed by atoms with Gasteiger partial charge in [-0.15, -0.1) is 10.2 Å². The van der Waals surface area contributed by atoms with Gasteiger partial charge < -0.3 is 9.88 Å². The van der Waals surface area contributed by atoms with E-state index in [9.17, 15) is 4.79 Å². The maximum absolute atomic E-state index is 13.1. The lowest BCUT2D eigenvalue weighted by Gasteiger charge is -2.14. The second-order valence-electron chi connectivity index (χ2n) is 8.05.